The average Bonchev–Trinajstić information content (AvgIpc) is 0.780. The third-order valence-electron chi connectivity index (χ3n) is 21.2. The van der Waals surface area contributed by atoms with Crippen LogP contribution in [0.25, 0.3) is 122 Å². The number of rotatable bonds is 32. The van der Waals surface area contributed by atoms with Gasteiger partial charge in [0.2, 0.25) is 0 Å². The second kappa shape index (κ2) is 37.7. The third-order valence-corrected chi connectivity index (χ3v) is 25.0. The van der Waals surface area contributed by atoms with Gasteiger partial charge in [0.25, 0.3) is 0 Å². The Balaban J connectivity index is 0.817. The zero-order chi connectivity index (χ0) is 75.1. The zero-order valence-electron chi connectivity index (χ0n) is 63.2. The summed E-state index contributed by atoms with van der Waals surface area (Å²) < 4.78 is 0.986. The van der Waals surface area contributed by atoms with E-state index in [1.54, 1.807) is 0 Å². The molecule has 0 aliphatic heterocycles. The van der Waals surface area contributed by atoms with E-state index >= 15 is 0 Å². The first-order valence-electron chi connectivity index (χ1n) is 39.1. The molecule has 0 bridgehead atoms. The second-order valence-electron chi connectivity index (χ2n) is 30.4. The van der Waals surface area contributed by atoms with E-state index in [0.717, 1.165) is 171 Å². The van der Waals surface area contributed by atoms with Gasteiger partial charge in [0.05, 0.1) is 8.07 Å². The molecule has 0 atom stereocenters. The lowest BCUT2D eigenvalue weighted by Crippen LogP contribution is -2.37. The van der Waals surface area contributed by atoms with Gasteiger partial charge in [-0.2, -0.15) is 0 Å². The highest BCUT2D eigenvalue weighted by molar-refractivity contribution is 9.10. The summed E-state index contributed by atoms with van der Waals surface area (Å²) in [7, 11) is -1.42. The summed E-state index contributed by atoms with van der Waals surface area (Å²) in [5.41, 5.74) is 30.2. The minimum absolute atomic E-state index is 0.680. The fraction of sp³-hybridized carbons (Fsp3) is 0.273. The Morgan fingerprint density at radius 3 is 0.626 bits per heavy atom. The van der Waals surface area contributed by atoms with Crippen molar-refractivity contribution in [3.63, 3.8) is 0 Å². The third kappa shape index (κ3) is 21.0. The molecular formula is C99H99BrCl6Si. The fourth-order valence-electron chi connectivity index (χ4n) is 15.3. The molecule has 12 aromatic carbocycles. The van der Waals surface area contributed by atoms with Crippen molar-refractivity contribution in [1.82, 2.24) is 0 Å². The molecule has 0 unspecified atom stereocenters. The van der Waals surface area contributed by atoms with E-state index in [1.165, 1.54) is 132 Å². The molecule has 0 aliphatic carbocycles. The van der Waals surface area contributed by atoms with E-state index in [4.69, 9.17) is 69.6 Å². The number of halogens is 7. The van der Waals surface area contributed by atoms with E-state index < -0.39 is 8.07 Å². The van der Waals surface area contributed by atoms with Gasteiger partial charge in [-0.25, -0.2) is 0 Å². The van der Waals surface area contributed by atoms with Crippen LogP contribution in [0.1, 0.15) is 153 Å². The van der Waals surface area contributed by atoms with Gasteiger partial charge in [0.1, 0.15) is 0 Å². The average molecular weight is 1610 g/mol. The van der Waals surface area contributed by atoms with Gasteiger partial charge in [-0.05, 0) is 305 Å². The van der Waals surface area contributed by atoms with Crippen LogP contribution >= 0.6 is 85.5 Å². The summed E-state index contributed by atoms with van der Waals surface area (Å²) in [5.74, 6) is 0. The van der Waals surface area contributed by atoms with Gasteiger partial charge >= 0.3 is 0 Å². The molecule has 0 amide bonds. The Morgan fingerprint density at radius 1 is 0.215 bits per heavy atom. The summed E-state index contributed by atoms with van der Waals surface area (Å²) in [4.78, 5) is 0. The summed E-state index contributed by atoms with van der Waals surface area (Å²) in [6.45, 7) is 16.3. The molecule has 0 aromatic heterocycles. The van der Waals surface area contributed by atoms with Crippen LogP contribution in [-0.4, -0.2) is 8.07 Å². The van der Waals surface area contributed by atoms with Crippen LogP contribution in [0.5, 0.6) is 0 Å². The predicted molar refractivity (Wildman–Crippen MR) is 478 cm³/mol. The summed E-state index contributed by atoms with van der Waals surface area (Å²) in [6, 6.07) is 84.3. The van der Waals surface area contributed by atoms with Crippen molar-refractivity contribution in [3.8, 4) is 122 Å². The standard InChI is InChI=1S/C99H99BrCl6Si/c1-8-12-16-20-24-73-62-97(85-47-82(55-92(104)58-85)71-38-32-68(33-39-71)79-45-80(53-90(102)52-79)72-40-42-95(43-41-72)107(5,6)7)74(25-21-17-13-9-2)61-96(73)84-46-81(54-91(103)57-84)69-34-28-66(29-35-69)77-44-78(51-89(101)50-77)67-30-36-70(37-31-67)83-48-86(59-93(105)56-83)98-63-76(27-23-19-15-11-4)99(64-75(98)26-22-18-14-10-3)87-49-88(100)65-94(106)60-87/h28-65H,8-27H2,1-7H3. The topological polar surface area (TPSA) is 0 Å². The normalized spacial score (nSPS) is 11.6. The van der Waals surface area contributed by atoms with Crippen LogP contribution in [0.3, 0.4) is 0 Å². The molecule has 0 saturated heterocycles. The smallest absolute Gasteiger partial charge is 0.0775 e. The van der Waals surface area contributed by atoms with Crippen LogP contribution in [-0.2, 0) is 25.7 Å². The molecule has 0 spiro atoms. The van der Waals surface area contributed by atoms with Gasteiger partial charge in [0, 0.05) is 34.6 Å². The summed E-state index contributed by atoms with van der Waals surface area (Å²) in [6.07, 6.45) is 22.7. The Morgan fingerprint density at radius 2 is 0.411 bits per heavy atom. The number of aryl methyl sites for hydroxylation is 4. The van der Waals surface area contributed by atoms with E-state index in [2.05, 4.69) is 288 Å². The monoisotopic (exact) mass is 1600 g/mol. The van der Waals surface area contributed by atoms with Gasteiger partial charge in [-0.15, -0.1) is 0 Å². The molecule has 8 heteroatoms. The molecule has 0 radical (unpaired) electrons. The first-order valence-corrected chi connectivity index (χ1v) is 45.6. The van der Waals surface area contributed by atoms with Crippen LogP contribution in [0.15, 0.2) is 235 Å². The number of hydrogen-bond donors (Lipinski definition) is 0. The van der Waals surface area contributed by atoms with Crippen molar-refractivity contribution in [2.75, 3.05) is 0 Å². The molecule has 0 N–H and O–H groups in total. The first kappa shape index (κ1) is 79.6. The SMILES string of the molecule is CCCCCCc1cc(-c2cc(Cl)cc(-c3ccc(-c4cc(Cl)cc(-c5ccc(-c6cc(Cl)cc(-c7cc(CCCCCC)c(-c8cc(Cl)cc(-c9ccc(-c%10cc(Cl)cc(-c%11ccc([Si](C)(C)C)cc%11)c%10)cc9)c8)cc7CCCCCC)c6)cc5)c4)cc3)c2)c(CCCCCC)cc1-c1cc(Cl)cc(Br)c1. The predicted octanol–water partition coefficient (Wildman–Crippen LogP) is 33.7. The zero-order valence-corrected chi connectivity index (χ0v) is 70.3. The summed E-state index contributed by atoms with van der Waals surface area (Å²) >= 11 is 46.1. The maximum absolute atomic E-state index is 7.27. The molecule has 12 aromatic rings. The maximum Gasteiger partial charge on any atom is 0.0775 e. The van der Waals surface area contributed by atoms with Crippen LogP contribution in [0, 0.1) is 0 Å². The van der Waals surface area contributed by atoms with Crippen molar-refractivity contribution >= 4 is 98.8 Å². The molecule has 0 aliphatic rings. The van der Waals surface area contributed by atoms with Gasteiger partial charge < -0.3 is 0 Å². The fourth-order valence-corrected chi connectivity index (χ4v) is 18.5. The second-order valence-corrected chi connectivity index (χ2v) is 39.0. The Hall–Kier alpha value is -6.92. The van der Waals surface area contributed by atoms with Gasteiger partial charge in [0.15, 0.2) is 0 Å². The summed E-state index contributed by atoms with van der Waals surface area (Å²) in [5, 5.41) is 5.72. The van der Waals surface area contributed by atoms with E-state index in [1.807, 2.05) is 6.07 Å². The van der Waals surface area contributed by atoms with Crippen molar-refractivity contribution < 1.29 is 0 Å². The van der Waals surface area contributed by atoms with Crippen molar-refractivity contribution in [3.05, 3.63) is 287 Å². The minimum atomic E-state index is -1.42. The van der Waals surface area contributed by atoms with Crippen LogP contribution in [0.2, 0.25) is 49.8 Å². The molecule has 0 nitrogen and oxygen atoms in total. The van der Waals surface area contributed by atoms with Crippen molar-refractivity contribution in [2.45, 2.75) is 176 Å². The largest absolute Gasteiger partial charge is 0.0843 e. The highest BCUT2D eigenvalue weighted by Gasteiger charge is 2.22. The molecule has 548 valence electrons. The van der Waals surface area contributed by atoms with Crippen molar-refractivity contribution in [2.24, 2.45) is 0 Å². The highest BCUT2D eigenvalue weighted by atomic mass is 79.9. The molecule has 107 heavy (non-hydrogen) atoms. The van der Waals surface area contributed by atoms with E-state index in [0.29, 0.717) is 10.0 Å². The minimum Gasteiger partial charge on any atom is -0.0843 e. The number of hydrogen-bond acceptors (Lipinski definition) is 0. The number of unbranched alkanes of at least 4 members (excludes halogenated alkanes) is 12. The Kier molecular flexibility index (Phi) is 28.0. The molecule has 0 fully saturated rings. The number of benzene rings is 12. The molecular weight excluding hydrogens is 1510 g/mol. The first-order chi connectivity index (χ1) is 51.8. The van der Waals surface area contributed by atoms with Gasteiger partial charge in [-0.1, -0.05) is 336 Å². The highest BCUT2D eigenvalue weighted by Crippen LogP contribution is 2.44. The molecule has 0 saturated carbocycles. The Bertz CT molecular complexity index is 5010. The van der Waals surface area contributed by atoms with E-state index in [-0.39, 0.29) is 0 Å². The van der Waals surface area contributed by atoms with Gasteiger partial charge in [-0.3, -0.25) is 0 Å². The lowest BCUT2D eigenvalue weighted by atomic mass is 9.85. The lowest BCUT2D eigenvalue weighted by Gasteiger charge is -2.19. The molecule has 0 heterocycles. The van der Waals surface area contributed by atoms with Crippen LogP contribution < -0.4 is 5.19 Å². The lowest BCUT2D eigenvalue weighted by molar-refractivity contribution is 0.664. The quantitative estimate of drug-likeness (QED) is 0.0291. The maximum atomic E-state index is 7.27. The Labute approximate surface area is 678 Å². The molecule has 12 rings (SSSR count). The van der Waals surface area contributed by atoms with Crippen molar-refractivity contribution in [1.29, 1.82) is 0 Å². The van der Waals surface area contributed by atoms with E-state index in [9.17, 15) is 0 Å². The van der Waals surface area contributed by atoms with Crippen LogP contribution in [0.4, 0.5) is 0 Å².